The Morgan fingerprint density at radius 1 is 1.29 bits per heavy atom. The van der Waals surface area contributed by atoms with Crippen molar-refractivity contribution in [1.29, 1.82) is 0 Å². The third-order valence-electron chi connectivity index (χ3n) is 3.60. The van der Waals surface area contributed by atoms with Crippen LogP contribution in [0.2, 0.25) is 5.02 Å². The Kier molecular flexibility index (Phi) is 5.59. The van der Waals surface area contributed by atoms with Crippen molar-refractivity contribution in [2.45, 2.75) is 26.4 Å². The van der Waals surface area contributed by atoms with E-state index in [4.69, 9.17) is 16.3 Å². The number of anilines is 1. The number of carbonyl (C=O) groups excluding carboxylic acids is 1. The van der Waals surface area contributed by atoms with E-state index in [1.165, 1.54) is 10.7 Å². The highest BCUT2D eigenvalue weighted by Crippen LogP contribution is 2.21. The molecular weight excluding hydrogens is 399 g/mol. The molecule has 0 fully saturated rings. The Labute approximate surface area is 162 Å². The fourth-order valence-corrected chi connectivity index (χ4v) is 2.41. The SMILES string of the molecule is Cc1cc(OCn2ccc(C(=O)Nc3cnn(CC(F)(F)F)c3)n2)ccc1Cl. The number of carbonyl (C=O) groups is 1. The van der Waals surface area contributed by atoms with Gasteiger partial charge < -0.3 is 10.1 Å². The lowest BCUT2D eigenvalue weighted by atomic mass is 10.2. The van der Waals surface area contributed by atoms with Gasteiger partial charge in [0.25, 0.3) is 5.91 Å². The molecule has 28 heavy (non-hydrogen) atoms. The minimum atomic E-state index is -4.39. The van der Waals surface area contributed by atoms with Crippen molar-refractivity contribution in [3.8, 4) is 5.75 Å². The number of hydrogen-bond donors (Lipinski definition) is 1. The highest BCUT2D eigenvalue weighted by atomic mass is 35.5. The summed E-state index contributed by atoms with van der Waals surface area (Å²) in [5.41, 5.74) is 1.09. The van der Waals surface area contributed by atoms with Crippen molar-refractivity contribution in [1.82, 2.24) is 19.6 Å². The topological polar surface area (TPSA) is 74.0 Å². The smallest absolute Gasteiger partial charge is 0.408 e. The summed E-state index contributed by atoms with van der Waals surface area (Å²) < 4.78 is 44.7. The molecule has 0 atom stereocenters. The van der Waals surface area contributed by atoms with E-state index in [0.717, 1.165) is 18.0 Å². The van der Waals surface area contributed by atoms with E-state index >= 15 is 0 Å². The minimum Gasteiger partial charge on any atom is -0.471 e. The molecule has 0 saturated heterocycles. The largest absolute Gasteiger partial charge is 0.471 e. The van der Waals surface area contributed by atoms with Crippen molar-refractivity contribution >= 4 is 23.2 Å². The summed E-state index contributed by atoms with van der Waals surface area (Å²) in [4.78, 5) is 12.2. The van der Waals surface area contributed by atoms with Gasteiger partial charge in [-0.15, -0.1) is 0 Å². The summed E-state index contributed by atoms with van der Waals surface area (Å²) in [5.74, 6) is 0.0214. The first-order chi connectivity index (χ1) is 13.2. The van der Waals surface area contributed by atoms with Gasteiger partial charge >= 0.3 is 6.18 Å². The van der Waals surface area contributed by atoms with E-state index in [1.807, 2.05) is 6.92 Å². The molecule has 7 nitrogen and oxygen atoms in total. The standard InChI is InChI=1S/C17H15ClF3N5O2/c1-11-6-13(2-3-14(11)18)28-10-25-5-4-15(24-25)16(27)23-12-7-22-26(8-12)9-17(19,20)21/h2-8H,9-10H2,1H3,(H,23,27). The molecule has 0 aliphatic rings. The molecule has 0 bridgehead atoms. The predicted molar refractivity (Wildman–Crippen MR) is 95.3 cm³/mol. The molecule has 0 spiro atoms. The van der Waals surface area contributed by atoms with Gasteiger partial charge in [-0.2, -0.15) is 23.4 Å². The molecular formula is C17H15ClF3N5O2. The number of nitrogens with one attached hydrogen (secondary N) is 1. The molecule has 11 heteroatoms. The number of halogens is 4. The Balaban J connectivity index is 1.57. The molecule has 2 heterocycles. The van der Waals surface area contributed by atoms with Gasteiger partial charge in [0.2, 0.25) is 0 Å². The van der Waals surface area contributed by atoms with Crippen LogP contribution in [-0.4, -0.2) is 31.6 Å². The van der Waals surface area contributed by atoms with E-state index < -0.39 is 18.6 Å². The maximum Gasteiger partial charge on any atom is 0.408 e. The fourth-order valence-electron chi connectivity index (χ4n) is 2.30. The second-order valence-electron chi connectivity index (χ2n) is 5.92. The third-order valence-corrected chi connectivity index (χ3v) is 4.02. The van der Waals surface area contributed by atoms with Crippen LogP contribution in [0.15, 0.2) is 42.9 Å². The van der Waals surface area contributed by atoms with Crippen LogP contribution in [0.1, 0.15) is 16.1 Å². The van der Waals surface area contributed by atoms with Gasteiger partial charge in [0, 0.05) is 17.4 Å². The van der Waals surface area contributed by atoms with Crippen molar-refractivity contribution in [3.63, 3.8) is 0 Å². The molecule has 148 valence electrons. The van der Waals surface area contributed by atoms with Gasteiger partial charge in [-0.25, -0.2) is 4.68 Å². The lowest BCUT2D eigenvalue weighted by Gasteiger charge is -2.07. The number of aromatic nitrogens is 4. The molecule has 2 aromatic heterocycles. The zero-order chi connectivity index (χ0) is 20.3. The quantitative estimate of drug-likeness (QED) is 0.665. The summed E-state index contributed by atoms with van der Waals surface area (Å²) in [7, 11) is 0. The number of amides is 1. The van der Waals surface area contributed by atoms with Gasteiger partial charge in [0.1, 0.15) is 12.3 Å². The van der Waals surface area contributed by atoms with Crippen LogP contribution in [-0.2, 0) is 13.3 Å². The number of benzene rings is 1. The molecule has 0 radical (unpaired) electrons. The van der Waals surface area contributed by atoms with Gasteiger partial charge in [-0.05, 0) is 36.8 Å². The van der Waals surface area contributed by atoms with Crippen molar-refractivity contribution in [3.05, 3.63) is 59.1 Å². The van der Waals surface area contributed by atoms with Crippen LogP contribution in [0.25, 0.3) is 0 Å². The molecule has 0 unspecified atom stereocenters. The minimum absolute atomic E-state index is 0.0673. The molecule has 3 rings (SSSR count). The van der Waals surface area contributed by atoms with Crippen molar-refractivity contribution in [2.24, 2.45) is 0 Å². The first-order valence-corrected chi connectivity index (χ1v) is 8.40. The average molecular weight is 414 g/mol. The maximum absolute atomic E-state index is 12.3. The highest BCUT2D eigenvalue weighted by Gasteiger charge is 2.28. The monoisotopic (exact) mass is 413 g/mol. The van der Waals surface area contributed by atoms with E-state index in [-0.39, 0.29) is 18.1 Å². The maximum atomic E-state index is 12.3. The van der Waals surface area contributed by atoms with Gasteiger partial charge in [0.15, 0.2) is 12.4 Å². The Morgan fingerprint density at radius 3 is 2.79 bits per heavy atom. The van der Waals surface area contributed by atoms with Gasteiger partial charge in [0.05, 0.1) is 11.9 Å². The van der Waals surface area contributed by atoms with E-state index in [0.29, 0.717) is 15.5 Å². The average Bonchev–Trinajstić information content (AvgIpc) is 3.24. The zero-order valence-electron chi connectivity index (χ0n) is 14.6. The highest BCUT2D eigenvalue weighted by molar-refractivity contribution is 6.31. The van der Waals surface area contributed by atoms with E-state index in [9.17, 15) is 18.0 Å². The number of aryl methyl sites for hydroxylation is 1. The number of hydrogen-bond acceptors (Lipinski definition) is 4. The normalized spacial score (nSPS) is 11.5. The molecule has 1 amide bonds. The first-order valence-electron chi connectivity index (χ1n) is 8.02. The lowest BCUT2D eigenvalue weighted by Crippen LogP contribution is -2.18. The van der Waals surface area contributed by atoms with Crippen molar-refractivity contribution in [2.75, 3.05) is 5.32 Å². The van der Waals surface area contributed by atoms with Crippen LogP contribution in [0.5, 0.6) is 5.75 Å². The number of nitrogens with zero attached hydrogens (tertiary/aromatic N) is 4. The summed E-state index contributed by atoms with van der Waals surface area (Å²) in [6.07, 6.45) is -0.625. The molecule has 1 aromatic carbocycles. The third kappa shape index (κ3) is 5.26. The van der Waals surface area contributed by atoms with Gasteiger partial charge in [-0.3, -0.25) is 9.48 Å². The van der Waals surface area contributed by atoms with Crippen LogP contribution in [0, 0.1) is 6.92 Å². The second kappa shape index (κ2) is 7.93. The van der Waals surface area contributed by atoms with E-state index in [2.05, 4.69) is 15.5 Å². The Morgan fingerprint density at radius 2 is 2.07 bits per heavy atom. The Hall–Kier alpha value is -3.01. The summed E-state index contributed by atoms with van der Waals surface area (Å²) in [6.45, 7) is 0.680. The summed E-state index contributed by atoms with van der Waals surface area (Å²) in [6, 6.07) is 6.67. The number of ether oxygens (including phenoxy) is 1. The zero-order valence-corrected chi connectivity index (χ0v) is 15.3. The molecule has 1 N–H and O–H groups in total. The first kappa shape index (κ1) is 19.7. The second-order valence-corrected chi connectivity index (χ2v) is 6.33. The summed E-state index contributed by atoms with van der Waals surface area (Å²) >= 11 is 5.96. The van der Waals surface area contributed by atoms with E-state index in [1.54, 1.807) is 24.4 Å². The van der Waals surface area contributed by atoms with Crippen molar-refractivity contribution < 1.29 is 22.7 Å². The fraction of sp³-hybridized carbons (Fsp3) is 0.235. The van der Waals surface area contributed by atoms with Crippen LogP contribution in [0.4, 0.5) is 18.9 Å². The number of rotatable bonds is 6. The summed E-state index contributed by atoms with van der Waals surface area (Å²) in [5, 5.41) is 10.7. The molecule has 0 saturated carbocycles. The Bertz CT molecular complexity index is 983. The molecule has 0 aliphatic heterocycles. The number of alkyl halides is 3. The predicted octanol–water partition coefficient (Wildman–Crippen LogP) is 3.89. The lowest BCUT2D eigenvalue weighted by molar-refractivity contribution is -0.142. The molecule has 3 aromatic rings. The van der Waals surface area contributed by atoms with Crippen LogP contribution >= 0.6 is 11.6 Å². The molecule has 0 aliphatic carbocycles. The van der Waals surface area contributed by atoms with Gasteiger partial charge in [-0.1, -0.05) is 11.6 Å². The van der Waals surface area contributed by atoms with Crippen LogP contribution in [0.3, 0.4) is 0 Å². The van der Waals surface area contributed by atoms with Crippen LogP contribution < -0.4 is 10.1 Å².